The lowest BCUT2D eigenvalue weighted by Gasteiger charge is -2.07. The van der Waals surface area contributed by atoms with Crippen molar-refractivity contribution >= 4 is 15.7 Å². The Hall–Kier alpha value is -1.86. The first-order valence-corrected chi connectivity index (χ1v) is 7.71. The van der Waals surface area contributed by atoms with Gasteiger partial charge in [-0.2, -0.15) is 5.10 Å². The molecule has 6 nitrogen and oxygen atoms in total. The van der Waals surface area contributed by atoms with E-state index in [4.69, 9.17) is 5.11 Å². The highest BCUT2D eigenvalue weighted by Crippen LogP contribution is 2.16. The number of aryl methyl sites for hydroxylation is 2. The highest BCUT2D eigenvalue weighted by molar-refractivity contribution is 7.92. The monoisotopic (exact) mass is 295 g/mol. The van der Waals surface area contributed by atoms with Gasteiger partial charge in [-0.1, -0.05) is 12.1 Å². The molecule has 2 rings (SSSR count). The van der Waals surface area contributed by atoms with Gasteiger partial charge in [0, 0.05) is 19.9 Å². The molecular weight excluding hydrogens is 278 g/mol. The van der Waals surface area contributed by atoms with Crippen molar-refractivity contribution in [3.63, 3.8) is 0 Å². The van der Waals surface area contributed by atoms with Crippen molar-refractivity contribution in [3.8, 4) is 0 Å². The number of anilines is 1. The molecule has 0 saturated carbocycles. The predicted octanol–water partition coefficient (Wildman–Crippen LogP) is 1.15. The Labute approximate surface area is 118 Å². The highest BCUT2D eigenvalue weighted by atomic mass is 32.2. The molecule has 0 aliphatic heterocycles. The van der Waals surface area contributed by atoms with E-state index in [0.29, 0.717) is 12.1 Å². The Morgan fingerprint density at radius 3 is 2.55 bits per heavy atom. The van der Waals surface area contributed by atoms with E-state index in [2.05, 4.69) is 9.82 Å². The molecule has 7 heteroatoms. The van der Waals surface area contributed by atoms with E-state index >= 15 is 0 Å². The minimum Gasteiger partial charge on any atom is -0.396 e. The zero-order valence-electron chi connectivity index (χ0n) is 11.2. The summed E-state index contributed by atoms with van der Waals surface area (Å²) in [6.45, 7) is 0.128. The van der Waals surface area contributed by atoms with Crippen LogP contribution >= 0.6 is 0 Å². The van der Waals surface area contributed by atoms with E-state index in [-0.39, 0.29) is 11.5 Å². The van der Waals surface area contributed by atoms with Crippen molar-refractivity contribution < 1.29 is 13.5 Å². The van der Waals surface area contributed by atoms with E-state index in [1.807, 2.05) is 0 Å². The SMILES string of the molecule is Cn1cc(NS(=O)(=O)c2ccc(CCCO)cc2)cn1. The second-order valence-electron chi connectivity index (χ2n) is 4.48. The second kappa shape index (κ2) is 6.06. The van der Waals surface area contributed by atoms with Crippen LogP contribution in [0.25, 0.3) is 0 Å². The standard InChI is InChI=1S/C13H17N3O3S/c1-16-10-12(9-14-16)15-20(18,19)13-6-4-11(5-7-13)3-2-8-17/h4-7,9-10,15,17H,2-3,8H2,1H3. The largest absolute Gasteiger partial charge is 0.396 e. The number of aliphatic hydroxyl groups excluding tert-OH is 1. The fraction of sp³-hybridized carbons (Fsp3) is 0.308. The van der Waals surface area contributed by atoms with E-state index in [0.717, 1.165) is 12.0 Å². The van der Waals surface area contributed by atoms with Gasteiger partial charge in [0.2, 0.25) is 0 Å². The van der Waals surface area contributed by atoms with Gasteiger partial charge in [-0.3, -0.25) is 9.40 Å². The zero-order chi connectivity index (χ0) is 14.6. The number of hydrogen-bond donors (Lipinski definition) is 2. The number of nitrogens with zero attached hydrogens (tertiary/aromatic N) is 2. The van der Waals surface area contributed by atoms with Crippen LogP contribution in [0, 0.1) is 0 Å². The quantitative estimate of drug-likeness (QED) is 0.837. The van der Waals surface area contributed by atoms with Gasteiger partial charge in [0.15, 0.2) is 0 Å². The van der Waals surface area contributed by atoms with E-state index in [1.54, 1.807) is 37.5 Å². The molecule has 20 heavy (non-hydrogen) atoms. The van der Waals surface area contributed by atoms with Crippen molar-refractivity contribution in [2.45, 2.75) is 17.7 Å². The number of nitrogens with one attached hydrogen (secondary N) is 1. The highest BCUT2D eigenvalue weighted by Gasteiger charge is 2.14. The van der Waals surface area contributed by atoms with Crippen LogP contribution in [0.2, 0.25) is 0 Å². The molecule has 2 N–H and O–H groups in total. The number of benzene rings is 1. The fourth-order valence-corrected chi connectivity index (χ4v) is 2.83. The van der Waals surface area contributed by atoms with Crippen LogP contribution in [0.1, 0.15) is 12.0 Å². The second-order valence-corrected chi connectivity index (χ2v) is 6.16. The maximum atomic E-state index is 12.1. The van der Waals surface area contributed by atoms with Gasteiger partial charge in [-0.25, -0.2) is 8.42 Å². The third-order valence-electron chi connectivity index (χ3n) is 2.81. The lowest BCUT2D eigenvalue weighted by atomic mass is 10.1. The van der Waals surface area contributed by atoms with E-state index in [1.165, 1.54) is 10.9 Å². The summed E-state index contributed by atoms with van der Waals surface area (Å²) in [4.78, 5) is 0.203. The van der Waals surface area contributed by atoms with E-state index in [9.17, 15) is 8.42 Å². The van der Waals surface area contributed by atoms with Crippen LogP contribution in [0.4, 0.5) is 5.69 Å². The van der Waals surface area contributed by atoms with Gasteiger partial charge in [0.25, 0.3) is 10.0 Å². The maximum Gasteiger partial charge on any atom is 0.261 e. The van der Waals surface area contributed by atoms with Gasteiger partial charge in [-0.05, 0) is 30.5 Å². The number of hydrogen-bond acceptors (Lipinski definition) is 4. The van der Waals surface area contributed by atoms with Crippen LogP contribution in [0.15, 0.2) is 41.6 Å². The first kappa shape index (κ1) is 14.5. The molecule has 0 spiro atoms. The molecule has 2 aromatic rings. The molecule has 1 heterocycles. The lowest BCUT2D eigenvalue weighted by molar-refractivity contribution is 0.288. The van der Waals surface area contributed by atoms with Crippen LogP contribution in [-0.2, 0) is 23.5 Å². The van der Waals surface area contributed by atoms with Crippen molar-refractivity contribution in [2.75, 3.05) is 11.3 Å². The molecule has 1 aromatic carbocycles. The molecule has 0 atom stereocenters. The molecule has 0 saturated heterocycles. The summed E-state index contributed by atoms with van der Waals surface area (Å²) in [6.07, 6.45) is 4.44. The minimum atomic E-state index is -3.59. The molecule has 0 radical (unpaired) electrons. The number of aromatic nitrogens is 2. The molecule has 0 fully saturated rings. The Balaban J connectivity index is 2.13. The van der Waals surface area contributed by atoms with Crippen molar-refractivity contribution in [1.29, 1.82) is 0 Å². The van der Waals surface area contributed by atoms with Gasteiger partial charge < -0.3 is 5.11 Å². The molecule has 108 valence electrons. The van der Waals surface area contributed by atoms with Crippen molar-refractivity contribution in [3.05, 3.63) is 42.2 Å². The van der Waals surface area contributed by atoms with Crippen molar-refractivity contribution in [2.24, 2.45) is 7.05 Å². The third kappa shape index (κ3) is 3.58. The van der Waals surface area contributed by atoms with Gasteiger partial charge in [0.05, 0.1) is 16.8 Å². The summed E-state index contributed by atoms with van der Waals surface area (Å²) in [5.74, 6) is 0. The first-order valence-electron chi connectivity index (χ1n) is 6.22. The molecule has 0 bridgehead atoms. The Bertz CT molecular complexity index is 662. The Morgan fingerprint density at radius 2 is 2.00 bits per heavy atom. The van der Waals surface area contributed by atoms with Crippen LogP contribution in [0.5, 0.6) is 0 Å². The van der Waals surface area contributed by atoms with Crippen molar-refractivity contribution in [1.82, 2.24) is 9.78 Å². The lowest BCUT2D eigenvalue weighted by Crippen LogP contribution is -2.12. The smallest absolute Gasteiger partial charge is 0.261 e. The predicted molar refractivity (Wildman–Crippen MR) is 75.9 cm³/mol. The number of rotatable bonds is 6. The number of aliphatic hydroxyl groups is 1. The fourth-order valence-electron chi connectivity index (χ4n) is 1.81. The van der Waals surface area contributed by atoms with Gasteiger partial charge in [0.1, 0.15) is 0 Å². The molecule has 1 aromatic heterocycles. The Morgan fingerprint density at radius 1 is 1.30 bits per heavy atom. The molecule has 0 aliphatic rings. The summed E-state index contributed by atoms with van der Waals surface area (Å²) in [5, 5.41) is 12.7. The summed E-state index contributed by atoms with van der Waals surface area (Å²) in [6, 6.07) is 6.64. The average Bonchev–Trinajstić information content (AvgIpc) is 2.81. The van der Waals surface area contributed by atoms with Gasteiger partial charge in [-0.15, -0.1) is 0 Å². The summed E-state index contributed by atoms with van der Waals surface area (Å²) >= 11 is 0. The normalized spacial score (nSPS) is 11.5. The summed E-state index contributed by atoms with van der Waals surface area (Å²) < 4.78 is 28.3. The average molecular weight is 295 g/mol. The molecule has 0 unspecified atom stereocenters. The minimum absolute atomic E-state index is 0.128. The summed E-state index contributed by atoms with van der Waals surface area (Å²) in [7, 11) is -1.87. The molecule has 0 amide bonds. The number of sulfonamides is 1. The Kier molecular flexibility index (Phi) is 4.41. The van der Waals surface area contributed by atoms with Crippen LogP contribution < -0.4 is 4.72 Å². The van der Waals surface area contributed by atoms with Gasteiger partial charge >= 0.3 is 0 Å². The zero-order valence-corrected chi connectivity index (χ0v) is 12.0. The molecule has 0 aliphatic carbocycles. The summed E-state index contributed by atoms with van der Waals surface area (Å²) in [5.41, 5.74) is 1.43. The van der Waals surface area contributed by atoms with E-state index < -0.39 is 10.0 Å². The third-order valence-corrected chi connectivity index (χ3v) is 4.21. The molecular formula is C13H17N3O3S. The maximum absolute atomic E-state index is 12.1. The van der Waals surface area contributed by atoms with Crippen LogP contribution in [-0.4, -0.2) is 29.9 Å². The topological polar surface area (TPSA) is 84.2 Å². The first-order chi connectivity index (χ1) is 9.51. The van der Waals surface area contributed by atoms with Crippen LogP contribution in [0.3, 0.4) is 0 Å².